The fourth-order valence-electron chi connectivity index (χ4n) is 6.36. The largest absolute Gasteiger partial charge is 0.480 e. The molecule has 198 valence electrons. The number of carbonyl (C=O) groups excluding carboxylic acids is 1. The number of rotatable bonds is 6. The number of nitrogens with zero attached hydrogens (tertiary/aromatic N) is 2. The first-order valence-corrected chi connectivity index (χ1v) is 13.1. The van der Waals surface area contributed by atoms with Crippen LogP contribution in [0.3, 0.4) is 0 Å². The minimum Gasteiger partial charge on any atom is -0.480 e. The number of carbonyl (C=O) groups is 2. The lowest BCUT2D eigenvalue weighted by Gasteiger charge is -2.34. The van der Waals surface area contributed by atoms with E-state index < -0.39 is 41.8 Å². The van der Waals surface area contributed by atoms with Gasteiger partial charge in [-0.2, -0.15) is 13.2 Å². The van der Waals surface area contributed by atoms with E-state index in [1.165, 1.54) is 6.92 Å². The molecule has 2 N–H and O–H groups in total. The van der Waals surface area contributed by atoms with Crippen molar-refractivity contribution < 1.29 is 27.9 Å². The summed E-state index contributed by atoms with van der Waals surface area (Å²) in [6, 6.07) is 8.91. The van der Waals surface area contributed by atoms with E-state index in [9.17, 15) is 27.9 Å². The molecule has 3 fully saturated rings. The monoisotopic (exact) mass is 515 g/mol. The summed E-state index contributed by atoms with van der Waals surface area (Å²) in [5.74, 6) is -1.81. The molecule has 1 aromatic heterocycles. The van der Waals surface area contributed by atoms with Gasteiger partial charge in [0.2, 0.25) is 5.91 Å². The van der Waals surface area contributed by atoms with Crippen LogP contribution in [0.4, 0.5) is 19.0 Å². The van der Waals surface area contributed by atoms with Crippen LogP contribution < -0.4 is 5.32 Å². The van der Waals surface area contributed by atoms with Crippen LogP contribution in [0.15, 0.2) is 42.5 Å². The van der Waals surface area contributed by atoms with Gasteiger partial charge in [0.05, 0.1) is 17.6 Å². The molecule has 1 aromatic carbocycles. The lowest BCUT2D eigenvalue weighted by Crippen LogP contribution is -2.47. The number of carboxylic acid groups (broad SMARTS) is 1. The average molecular weight is 516 g/mol. The van der Waals surface area contributed by atoms with Crippen LogP contribution in [0.25, 0.3) is 0 Å². The number of pyridine rings is 1. The second-order valence-corrected chi connectivity index (χ2v) is 10.7. The Kier molecular flexibility index (Phi) is 6.89. The summed E-state index contributed by atoms with van der Waals surface area (Å²) in [5.41, 5.74) is 0.159. The number of benzene rings is 1. The summed E-state index contributed by atoms with van der Waals surface area (Å²) < 4.78 is 40.7. The second-order valence-electron chi connectivity index (χ2n) is 10.7. The first-order chi connectivity index (χ1) is 17.6. The zero-order valence-corrected chi connectivity index (χ0v) is 20.7. The minimum absolute atomic E-state index is 0.0417. The average Bonchev–Trinajstić information content (AvgIpc) is 3.65. The number of likely N-dealkylation sites (tertiary alicyclic amines) is 1. The maximum Gasteiger partial charge on any atom is 0.416 e. The molecule has 37 heavy (non-hydrogen) atoms. The van der Waals surface area contributed by atoms with Gasteiger partial charge in [0, 0.05) is 17.5 Å². The van der Waals surface area contributed by atoms with Gasteiger partial charge in [-0.1, -0.05) is 49.6 Å². The van der Waals surface area contributed by atoms with E-state index in [-0.39, 0.29) is 29.3 Å². The van der Waals surface area contributed by atoms with Gasteiger partial charge in [0.1, 0.15) is 11.9 Å². The molecule has 4 atom stereocenters. The van der Waals surface area contributed by atoms with Gasteiger partial charge in [-0.3, -0.25) is 4.79 Å². The molecule has 0 bridgehead atoms. The van der Waals surface area contributed by atoms with Crippen molar-refractivity contribution in [3.63, 3.8) is 0 Å². The Bertz CT molecular complexity index is 1150. The topological polar surface area (TPSA) is 82.5 Å². The number of carboxylic acids is 1. The first kappa shape index (κ1) is 25.5. The van der Waals surface area contributed by atoms with Crippen LogP contribution in [0.5, 0.6) is 0 Å². The number of hydrogen-bond donors (Lipinski definition) is 2. The van der Waals surface area contributed by atoms with Crippen molar-refractivity contribution in [3.05, 3.63) is 59.3 Å². The van der Waals surface area contributed by atoms with E-state index in [2.05, 4.69) is 10.3 Å². The molecule has 1 amide bonds. The molecule has 0 spiro atoms. The van der Waals surface area contributed by atoms with Crippen LogP contribution in [-0.4, -0.2) is 39.0 Å². The quantitative estimate of drug-likeness (QED) is 0.506. The van der Waals surface area contributed by atoms with Gasteiger partial charge in [-0.05, 0) is 56.2 Å². The van der Waals surface area contributed by atoms with Gasteiger partial charge >= 0.3 is 12.1 Å². The normalized spacial score (nSPS) is 26.8. The van der Waals surface area contributed by atoms with Crippen molar-refractivity contribution in [1.29, 1.82) is 0 Å². The van der Waals surface area contributed by atoms with Crippen LogP contribution in [0, 0.1) is 24.7 Å². The predicted octanol–water partition coefficient (Wildman–Crippen LogP) is 5.83. The molecule has 9 heteroatoms. The summed E-state index contributed by atoms with van der Waals surface area (Å²) in [5, 5.41) is 13.7. The Labute approximate surface area is 214 Å². The summed E-state index contributed by atoms with van der Waals surface area (Å²) in [6.07, 6.45) is 1.49. The number of alkyl halides is 3. The number of amides is 1. The summed E-state index contributed by atoms with van der Waals surface area (Å²) in [4.78, 5) is 32.6. The molecule has 5 rings (SSSR count). The fraction of sp³-hybridized carbons (Fsp3) is 0.536. The van der Waals surface area contributed by atoms with E-state index in [4.69, 9.17) is 0 Å². The molecule has 0 radical (unpaired) electrons. The maximum absolute atomic E-state index is 14.0. The number of hydrogen-bond acceptors (Lipinski definition) is 4. The van der Waals surface area contributed by atoms with E-state index in [1.807, 2.05) is 30.3 Å². The van der Waals surface area contributed by atoms with Gasteiger partial charge in [0.15, 0.2) is 0 Å². The van der Waals surface area contributed by atoms with Gasteiger partial charge < -0.3 is 15.3 Å². The highest BCUT2D eigenvalue weighted by Crippen LogP contribution is 2.52. The molecule has 4 unspecified atom stereocenters. The Morgan fingerprint density at radius 1 is 1.03 bits per heavy atom. The molecule has 3 aliphatic rings. The van der Waals surface area contributed by atoms with Gasteiger partial charge in [0.25, 0.3) is 0 Å². The number of aliphatic carboxylic acids is 1. The van der Waals surface area contributed by atoms with Crippen molar-refractivity contribution in [2.75, 3.05) is 5.32 Å². The summed E-state index contributed by atoms with van der Waals surface area (Å²) >= 11 is 0. The van der Waals surface area contributed by atoms with Crippen LogP contribution >= 0.6 is 0 Å². The highest BCUT2D eigenvalue weighted by molar-refractivity contribution is 5.87. The molecule has 1 saturated heterocycles. The molecule has 2 aliphatic carbocycles. The first-order valence-electron chi connectivity index (χ1n) is 13.1. The third-order valence-electron chi connectivity index (χ3n) is 8.08. The number of aromatic nitrogens is 1. The Morgan fingerprint density at radius 2 is 1.70 bits per heavy atom. The Balaban J connectivity index is 1.61. The second kappa shape index (κ2) is 9.99. The smallest absolute Gasteiger partial charge is 0.416 e. The van der Waals surface area contributed by atoms with Gasteiger partial charge in [-0.15, -0.1) is 0 Å². The number of halogens is 3. The summed E-state index contributed by atoms with van der Waals surface area (Å²) in [7, 11) is 0. The van der Waals surface area contributed by atoms with Crippen LogP contribution in [0.1, 0.15) is 67.8 Å². The minimum atomic E-state index is -4.54. The molecular weight excluding hydrogens is 483 g/mol. The predicted molar refractivity (Wildman–Crippen MR) is 132 cm³/mol. The molecule has 1 aliphatic heterocycles. The Morgan fingerprint density at radius 3 is 2.30 bits per heavy atom. The van der Waals surface area contributed by atoms with E-state index >= 15 is 0 Å². The molecule has 6 nitrogen and oxygen atoms in total. The van der Waals surface area contributed by atoms with E-state index in [1.54, 1.807) is 4.90 Å². The fourth-order valence-corrected chi connectivity index (χ4v) is 6.36. The lowest BCUT2D eigenvalue weighted by atomic mass is 9.87. The number of anilines is 1. The molecular formula is C28H32F3N3O3. The number of nitrogens with one attached hydrogen (secondary N) is 1. The van der Waals surface area contributed by atoms with Crippen LogP contribution in [0.2, 0.25) is 0 Å². The molecule has 2 heterocycles. The maximum atomic E-state index is 14.0. The van der Waals surface area contributed by atoms with Crippen molar-refractivity contribution in [1.82, 2.24) is 9.88 Å². The standard InChI is InChI=1S/C28H32F3N3O3/c1-16-14-20(28(29,30)31)15-21(32-16)33-23-22(17-12-13-17)25(27(36)37)34(24(23)18-8-4-2-5-9-18)26(35)19-10-6-3-7-11-19/h2,4-5,8-9,14-15,17,19,22-25H,3,6-7,10-13H2,1H3,(H,32,33)(H,36,37). The summed E-state index contributed by atoms with van der Waals surface area (Å²) in [6.45, 7) is 1.50. The van der Waals surface area contributed by atoms with E-state index in [0.717, 1.165) is 62.6 Å². The van der Waals surface area contributed by atoms with Crippen molar-refractivity contribution >= 4 is 17.7 Å². The zero-order chi connectivity index (χ0) is 26.3. The molecule has 2 aromatic rings. The molecule has 2 saturated carbocycles. The Hall–Kier alpha value is -3.10. The SMILES string of the molecule is Cc1cc(C(F)(F)F)cc(NC2C(C3CC3)C(C(=O)O)N(C(=O)C3CCCCC3)C2c2ccccc2)n1. The highest BCUT2D eigenvalue weighted by atomic mass is 19.4. The lowest BCUT2D eigenvalue weighted by molar-refractivity contribution is -0.153. The van der Waals surface area contributed by atoms with Crippen molar-refractivity contribution in [2.24, 2.45) is 17.8 Å². The van der Waals surface area contributed by atoms with Crippen molar-refractivity contribution in [3.8, 4) is 0 Å². The van der Waals surface area contributed by atoms with Gasteiger partial charge in [-0.25, -0.2) is 9.78 Å². The third-order valence-corrected chi connectivity index (χ3v) is 8.08. The van der Waals surface area contributed by atoms with E-state index in [0.29, 0.717) is 0 Å². The van der Waals surface area contributed by atoms with Crippen LogP contribution in [-0.2, 0) is 15.8 Å². The third kappa shape index (κ3) is 5.18. The zero-order valence-electron chi connectivity index (χ0n) is 20.7. The highest BCUT2D eigenvalue weighted by Gasteiger charge is 2.59. The number of aryl methyl sites for hydroxylation is 1. The van der Waals surface area contributed by atoms with Crippen molar-refractivity contribution in [2.45, 2.75) is 76.2 Å².